The average molecular weight is 240 g/mol. The highest BCUT2D eigenvalue weighted by Crippen LogP contribution is 2.52. The number of rotatable bonds is 0. The van der Waals surface area contributed by atoms with E-state index in [0.29, 0.717) is 12.2 Å². The Balaban J connectivity index is 2.20. The highest BCUT2D eigenvalue weighted by Gasteiger charge is 2.48. The van der Waals surface area contributed by atoms with Crippen molar-refractivity contribution >= 4 is 5.78 Å². The number of carbonyl (C=O) groups excluding carboxylic acids is 1. The van der Waals surface area contributed by atoms with E-state index in [-0.39, 0.29) is 10.8 Å². The minimum absolute atomic E-state index is 0.0618. The topological polar surface area (TPSA) is 17.1 Å². The van der Waals surface area contributed by atoms with Crippen molar-refractivity contribution in [3.63, 3.8) is 0 Å². The van der Waals surface area contributed by atoms with E-state index in [0.717, 1.165) is 12.8 Å². The van der Waals surface area contributed by atoms with E-state index in [1.807, 2.05) is 0 Å². The Kier molecular flexibility index (Phi) is 2.32. The summed E-state index contributed by atoms with van der Waals surface area (Å²) in [4.78, 5) is 12.2. The monoisotopic (exact) mass is 240 g/mol. The second-order valence-electron chi connectivity index (χ2n) is 6.36. The van der Waals surface area contributed by atoms with E-state index in [9.17, 15) is 4.79 Å². The number of hydrogen-bond donors (Lipinski definition) is 0. The molecule has 1 aromatic rings. The van der Waals surface area contributed by atoms with Crippen molar-refractivity contribution in [2.45, 2.75) is 45.4 Å². The van der Waals surface area contributed by atoms with E-state index in [1.54, 1.807) is 0 Å². The number of hydrogen-bond acceptors (Lipinski definition) is 1. The molecule has 94 valence electrons. The van der Waals surface area contributed by atoms with Crippen LogP contribution < -0.4 is 0 Å². The summed E-state index contributed by atoms with van der Waals surface area (Å²) in [5, 5.41) is 0. The van der Waals surface area contributed by atoms with E-state index < -0.39 is 0 Å². The second-order valence-corrected chi connectivity index (χ2v) is 6.36. The predicted octanol–water partition coefficient (Wildman–Crippen LogP) is 3.82. The Hall–Kier alpha value is -1.37. The van der Waals surface area contributed by atoms with Crippen LogP contribution in [0.2, 0.25) is 0 Å². The highest BCUT2D eigenvalue weighted by atomic mass is 16.1. The average Bonchev–Trinajstić information content (AvgIpc) is 2.35. The van der Waals surface area contributed by atoms with Crippen LogP contribution in [0.3, 0.4) is 0 Å². The molecular weight excluding hydrogens is 220 g/mol. The van der Waals surface area contributed by atoms with Crippen molar-refractivity contribution in [3.8, 4) is 0 Å². The largest absolute Gasteiger partial charge is 0.299 e. The first-order valence-electron chi connectivity index (χ1n) is 6.79. The summed E-state index contributed by atoms with van der Waals surface area (Å²) in [6.45, 7) is 6.49. The number of allylic oxidation sites excluding steroid dienone is 2. The lowest BCUT2D eigenvalue weighted by atomic mass is 9.55. The van der Waals surface area contributed by atoms with Crippen molar-refractivity contribution in [1.82, 2.24) is 0 Å². The molecule has 0 N–H and O–H groups in total. The zero-order valence-electron chi connectivity index (χ0n) is 11.4. The van der Waals surface area contributed by atoms with Gasteiger partial charge in [-0.25, -0.2) is 0 Å². The zero-order chi connectivity index (χ0) is 13.0. The minimum Gasteiger partial charge on any atom is -0.299 e. The predicted molar refractivity (Wildman–Crippen MR) is 73.6 cm³/mol. The fourth-order valence-electron chi connectivity index (χ4n) is 3.86. The summed E-state index contributed by atoms with van der Waals surface area (Å²) >= 11 is 0. The number of Topliss-reactive ketones (excluding diaryl/α,β-unsaturated/α-hetero) is 1. The molecule has 0 amide bonds. The summed E-state index contributed by atoms with van der Waals surface area (Å²) in [5.74, 6) is 0.394. The number of benzene rings is 1. The van der Waals surface area contributed by atoms with Crippen LogP contribution in [0.5, 0.6) is 0 Å². The first kappa shape index (κ1) is 11.7. The van der Waals surface area contributed by atoms with Gasteiger partial charge in [0.15, 0.2) is 0 Å². The normalized spacial score (nSPS) is 29.3. The maximum atomic E-state index is 12.2. The van der Waals surface area contributed by atoms with Crippen LogP contribution in [0.25, 0.3) is 0 Å². The quantitative estimate of drug-likeness (QED) is 0.630. The van der Waals surface area contributed by atoms with Gasteiger partial charge in [0.1, 0.15) is 5.78 Å². The summed E-state index contributed by atoms with van der Waals surface area (Å²) in [7, 11) is 0. The van der Waals surface area contributed by atoms with Crippen LogP contribution in [0.1, 0.15) is 44.7 Å². The third-order valence-corrected chi connectivity index (χ3v) is 4.95. The molecule has 1 aromatic carbocycles. The van der Waals surface area contributed by atoms with Crippen LogP contribution in [-0.4, -0.2) is 5.78 Å². The summed E-state index contributed by atoms with van der Waals surface area (Å²) in [6.07, 6.45) is 4.94. The van der Waals surface area contributed by atoms with Gasteiger partial charge in [-0.2, -0.15) is 0 Å². The van der Waals surface area contributed by atoms with Crippen molar-refractivity contribution in [3.05, 3.63) is 47.0 Å². The lowest BCUT2D eigenvalue weighted by Crippen LogP contribution is -2.45. The summed E-state index contributed by atoms with van der Waals surface area (Å²) in [6, 6.07) is 8.70. The molecule has 1 fully saturated rings. The third kappa shape index (κ3) is 1.36. The van der Waals surface area contributed by atoms with Crippen molar-refractivity contribution in [2.75, 3.05) is 0 Å². The Bertz CT molecular complexity index is 550. The van der Waals surface area contributed by atoms with Gasteiger partial charge in [0.05, 0.1) is 0 Å². The first-order chi connectivity index (χ1) is 8.46. The standard InChI is InChI=1S/C17H20O/c1-16(2)14-9-8-12-6-4-5-7-13(12)17(14,3)11-10-15(16)18/h4-7,9H,8,10-11H2,1-3H3. The molecule has 0 aromatic heterocycles. The van der Waals surface area contributed by atoms with Gasteiger partial charge in [0, 0.05) is 17.3 Å². The molecule has 1 heteroatoms. The molecule has 2 aliphatic rings. The zero-order valence-corrected chi connectivity index (χ0v) is 11.4. The van der Waals surface area contributed by atoms with Crippen molar-refractivity contribution in [1.29, 1.82) is 0 Å². The second kappa shape index (κ2) is 3.57. The number of fused-ring (bicyclic) bond motifs is 3. The maximum Gasteiger partial charge on any atom is 0.142 e. The molecular formula is C17H20O. The summed E-state index contributed by atoms with van der Waals surface area (Å²) in [5.41, 5.74) is 3.97. The molecule has 1 saturated carbocycles. The molecule has 1 nitrogen and oxygen atoms in total. The lowest BCUT2D eigenvalue weighted by Gasteiger charge is -2.48. The van der Waals surface area contributed by atoms with Gasteiger partial charge in [-0.3, -0.25) is 4.79 Å². The smallest absolute Gasteiger partial charge is 0.142 e. The highest BCUT2D eigenvalue weighted by molar-refractivity contribution is 5.90. The van der Waals surface area contributed by atoms with Gasteiger partial charge < -0.3 is 0 Å². The third-order valence-electron chi connectivity index (χ3n) is 4.95. The Labute approximate surface area is 109 Å². The van der Waals surface area contributed by atoms with Crippen LogP contribution in [0, 0.1) is 5.41 Å². The maximum absolute atomic E-state index is 12.2. The molecule has 0 saturated heterocycles. The lowest BCUT2D eigenvalue weighted by molar-refractivity contribution is -0.127. The fourth-order valence-corrected chi connectivity index (χ4v) is 3.86. The Morgan fingerprint density at radius 3 is 2.61 bits per heavy atom. The minimum atomic E-state index is -0.291. The molecule has 0 spiro atoms. The Morgan fingerprint density at radius 1 is 1.11 bits per heavy atom. The number of carbonyl (C=O) groups is 1. The van der Waals surface area contributed by atoms with E-state index in [1.165, 1.54) is 16.7 Å². The molecule has 2 aliphatic carbocycles. The van der Waals surface area contributed by atoms with E-state index in [2.05, 4.69) is 51.1 Å². The number of ketones is 1. The van der Waals surface area contributed by atoms with Gasteiger partial charge in [0.25, 0.3) is 0 Å². The molecule has 1 unspecified atom stereocenters. The Morgan fingerprint density at radius 2 is 1.83 bits per heavy atom. The van der Waals surface area contributed by atoms with Crippen molar-refractivity contribution < 1.29 is 4.79 Å². The molecule has 0 radical (unpaired) electrons. The van der Waals surface area contributed by atoms with Crippen LogP contribution in [0.15, 0.2) is 35.9 Å². The van der Waals surface area contributed by atoms with Crippen LogP contribution >= 0.6 is 0 Å². The van der Waals surface area contributed by atoms with E-state index in [4.69, 9.17) is 0 Å². The van der Waals surface area contributed by atoms with Gasteiger partial charge in [-0.05, 0) is 37.8 Å². The van der Waals surface area contributed by atoms with E-state index >= 15 is 0 Å². The van der Waals surface area contributed by atoms with Crippen LogP contribution in [-0.2, 0) is 16.6 Å². The molecule has 3 rings (SSSR count). The van der Waals surface area contributed by atoms with Crippen LogP contribution in [0.4, 0.5) is 0 Å². The molecule has 1 atom stereocenters. The fraction of sp³-hybridized carbons (Fsp3) is 0.471. The van der Waals surface area contributed by atoms with Gasteiger partial charge in [0.2, 0.25) is 0 Å². The first-order valence-corrected chi connectivity index (χ1v) is 6.79. The van der Waals surface area contributed by atoms with Crippen molar-refractivity contribution in [2.24, 2.45) is 5.41 Å². The SMILES string of the molecule is CC1(C)C(=O)CCC2(C)C1=CCc1ccccc12. The molecule has 18 heavy (non-hydrogen) atoms. The molecule has 0 heterocycles. The van der Waals surface area contributed by atoms with Gasteiger partial charge in [-0.15, -0.1) is 0 Å². The van der Waals surface area contributed by atoms with Gasteiger partial charge >= 0.3 is 0 Å². The molecule has 0 aliphatic heterocycles. The van der Waals surface area contributed by atoms with Gasteiger partial charge in [-0.1, -0.05) is 42.8 Å². The summed E-state index contributed by atoms with van der Waals surface area (Å²) < 4.78 is 0. The molecule has 0 bridgehead atoms.